The molecule has 0 spiro atoms. The number of carbonyl (C=O) groups excluding carboxylic acids is 2. The number of piperazine rings is 1. The Bertz CT molecular complexity index is 571. The molecule has 0 saturated carbocycles. The normalized spacial score (nSPS) is 17.4. The average Bonchev–Trinajstić information content (AvgIpc) is 2.70. The summed E-state index contributed by atoms with van der Waals surface area (Å²) >= 11 is 0. The van der Waals surface area contributed by atoms with Gasteiger partial charge in [-0.05, 0) is 18.0 Å². The second-order valence-corrected chi connectivity index (χ2v) is 6.83. The van der Waals surface area contributed by atoms with E-state index >= 15 is 0 Å². The van der Waals surface area contributed by atoms with Crippen LogP contribution in [0.1, 0.15) is 32.8 Å². The van der Waals surface area contributed by atoms with Crippen molar-refractivity contribution in [2.45, 2.75) is 39.8 Å². The highest BCUT2D eigenvalue weighted by atomic mass is 16.5. The number of hydrogen-bond donors (Lipinski definition) is 1. The van der Waals surface area contributed by atoms with Crippen LogP contribution < -0.4 is 5.32 Å². The van der Waals surface area contributed by atoms with Crippen LogP contribution >= 0.6 is 0 Å². The van der Waals surface area contributed by atoms with Gasteiger partial charge in [-0.3, -0.25) is 4.79 Å². The summed E-state index contributed by atoms with van der Waals surface area (Å²) in [7, 11) is 0. The minimum Gasteiger partial charge on any atom is -0.445 e. The van der Waals surface area contributed by atoms with Crippen molar-refractivity contribution in [1.82, 2.24) is 15.1 Å². The van der Waals surface area contributed by atoms with E-state index in [2.05, 4.69) is 17.1 Å². The molecular weight excluding hydrogens is 330 g/mol. The van der Waals surface area contributed by atoms with E-state index in [4.69, 9.17) is 4.74 Å². The van der Waals surface area contributed by atoms with Crippen molar-refractivity contribution in [3.63, 3.8) is 0 Å². The highest BCUT2D eigenvalue weighted by molar-refractivity contribution is 5.86. The summed E-state index contributed by atoms with van der Waals surface area (Å²) < 4.78 is 5.30. The Balaban J connectivity index is 1.91. The van der Waals surface area contributed by atoms with Gasteiger partial charge >= 0.3 is 6.09 Å². The molecule has 0 unspecified atom stereocenters. The first kappa shape index (κ1) is 20.2. The van der Waals surface area contributed by atoms with Gasteiger partial charge in [-0.2, -0.15) is 0 Å². The number of amides is 2. The summed E-state index contributed by atoms with van der Waals surface area (Å²) in [4.78, 5) is 29.3. The number of nitrogens with one attached hydrogen (secondary N) is 1. The van der Waals surface area contributed by atoms with Crippen LogP contribution in [0.4, 0.5) is 4.79 Å². The molecule has 1 saturated heterocycles. The molecule has 6 heteroatoms. The van der Waals surface area contributed by atoms with E-state index < -0.39 is 12.1 Å². The van der Waals surface area contributed by atoms with Crippen LogP contribution in [0, 0.1) is 5.92 Å². The van der Waals surface area contributed by atoms with Crippen LogP contribution in [0.2, 0.25) is 0 Å². The lowest BCUT2D eigenvalue weighted by Gasteiger charge is -2.37. The van der Waals surface area contributed by atoms with Crippen LogP contribution in [0.25, 0.3) is 0 Å². The van der Waals surface area contributed by atoms with Gasteiger partial charge in [0.2, 0.25) is 5.91 Å². The molecule has 2 rings (SSSR count). The zero-order valence-electron chi connectivity index (χ0n) is 16.1. The second kappa shape index (κ2) is 10.2. The molecule has 1 aromatic rings. The molecule has 144 valence electrons. The minimum atomic E-state index is -0.545. The quantitative estimate of drug-likeness (QED) is 0.810. The summed E-state index contributed by atoms with van der Waals surface area (Å²) in [6.45, 7) is 10.5. The molecule has 0 bridgehead atoms. The molecule has 1 fully saturated rings. The van der Waals surface area contributed by atoms with E-state index in [0.717, 1.165) is 31.6 Å². The van der Waals surface area contributed by atoms with E-state index in [1.807, 2.05) is 49.1 Å². The van der Waals surface area contributed by atoms with Gasteiger partial charge in [0, 0.05) is 26.2 Å². The number of benzene rings is 1. The maximum absolute atomic E-state index is 12.9. The largest absolute Gasteiger partial charge is 0.445 e. The van der Waals surface area contributed by atoms with Crippen molar-refractivity contribution < 1.29 is 14.3 Å². The van der Waals surface area contributed by atoms with E-state index in [0.29, 0.717) is 13.1 Å². The SMILES string of the molecule is CC[C@@H](C)[C@@H](NC(=O)OCc1ccccc1)C(=O)N1CCN(CC)CC1. The maximum atomic E-state index is 12.9. The Morgan fingerprint density at radius 3 is 2.35 bits per heavy atom. The van der Waals surface area contributed by atoms with E-state index in [-0.39, 0.29) is 18.4 Å². The summed E-state index contributed by atoms with van der Waals surface area (Å²) in [5.74, 6) is 0.0442. The number of carbonyl (C=O) groups is 2. The number of hydrogen-bond acceptors (Lipinski definition) is 4. The molecule has 0 aromatic heterocycles. The zero-order chi connectivity index (χ0) is 18.9. The van der Waals surface area contributed by atoms with Crippen molar-refractivity contribution in [3.05, 3.63) is 35.9 Å². The number of ether oxygens (including phenoxy) is 1. The number of alkyl carbamates (subject to hydrolysis) is 1. The summed E-state index contributed by atoms with van der Waals surface area (Å²) in [5.41, 5.74) is 0.921. The fraction of sp³-hybridized carbons (Fsp3) is 0.600. The highest BCUT2D eigenvalue weighted by Gasteiger charge is 2.31. The predicted octanol–water partition coefficient (Wildman–Crippen LogP) is 2.49. The third-order valence-electron chi connectivity index (χ3n) is 5.10. The van der Waals surface area contributed by atoms with Crippen molar-refractivity contribution in [2.75, 3.05) is 32.7 Å². The predicted molar refractivity (Wildman–Crippen MR) is 102 cm³/mol. The Morgan fingerprint density at radius 1 is 1.12 bits per heavy atom. The Morgan fingerprint density at radius 2 is 1.77 bits per heavy atom. The van der Waals surface area contributed by atoms with E-state index in [1.165, 1.54) is 0 Å². The van der Waals surface area contributed by atoms with Gasteiger partial charge in [0.15, 0.2) is 0 Å². The lowest BCUT2D eigenvalue weighted by atomic mass is 9.97. The summed E-state index contributed by atoms with van der Waals surface area (Å²) in [5, 5.41) is 2.79. The Hall–Kier alpha value is -2.08. The maximum Gasteiger partial charge on any atom is 0.408 e. The van der Waals surface area contributed by atoms with E-state index in [9.17, 15) is 9.59 Å². The molecule has 2 amide bonds. The standard InChI is InChI=1S/C20H31N3O3/c1-4-16(3)18(19(24)23-13-11-22(5-2)12-14-23)21-20(25)26-15-17-9-7-6-8-10-17/h6-10,16,18H,4-5,11-15H2,1-3H3,(H,21,25)/t16-,18-/m1/s1. The molecule has 1 N–H and O–H groups in total. The van der Waals surface area contributed by atoms with Gasteiger partial charge in [-0.15, -0.1) is 0 Å². The lowest BCUT2D eigenvalue weighted by Crippen LogP contribution is -2.56. The van der Waals surface area contributed by atoms with Crippen molar-refractivity contribution in [2.24, 2.45) is 5.92 Å². The van der Waals surface area contributed by atoms with E-state index in [1.54, 1.807) is 0 Å². The summed E-state index contributed by atoms with van der Waals surface area (Å²) in [6, 6.07) is 8.97. The van der Waals surface area contributed by atoms with Crippen LogP contribution in [-0.4, -0.2) is 60.6 Å². The van der Waals surface area contributed by atoms with Crippen LogP contribution in [0.5, 0.6) is 0 Å². The lowest BCUT2D eigenvalue weighted by molar-refractivity contribution is -0.136. The summed E-state index contributed by atoms with van der Waals surface area (Å²) in [6.07, 6.45) is 0.268. The van der Waals surface area contributed by atoms with Crippen molar-refractivity contribution >= 4 is 12.0 Å². The average molecular weight is 361 g/mol. The molecule has 1 aliphatic heterocycles. The highest BCUT2D eigenvalue weighted by Crippen LogP contribution is 2.13. The zero-order valence-corrected chi connectivity index (χ0v) is 16.1. The minimum absolute atomic E-state index is 0.00763. The van der Waals surface area contributed by atoms with Crippen molar-refractivity contribution in [3.8, 4) is 0 Å². The molecule has 1 aromatic carbocycles. The third-order valence-corrected chi connectivity index (χ3v) is 5.10. The van der Waals surface area contributed by atoms with Crippen LogP contribution in [-0.2, 0) is 16.1 Å². The smallest absolute Gasteiger partial charge is 0.408 e. The molecule has 2 atom stereocenters. The Labute approximate surface area is 156 Å². The van der Waals surface area contributed by atoms with Gasteiger partial charge in [0.05, 0.1) is 0 Å². The third kappa shape index (κ3) is 5.73. The van der Waals surface area contributed by atoms with Crippen LogP contribution in [0.15, 0.2) is 30.3 Å². The molecule has 1 aliphatic rings. The second-order valence-electron chi connectivity index (χ2n) is 6.83. The molecule has 26 heavy (non-hydrogen) atoms. The fourth-order valence-corrected chi connectivity index (χ4v) is 3.06. The first-order chi connectivity index (χ1) is 12.5. The van der Waals surface area contributed by atoms with Gasteiger partial charge in [-0.25, -0.2) is 4.79 Å². The molecule has 0 radical (unpaired) electrons. The monoisotopic (exact) mass is 361 g/mol. The van der Waals surface area contributed by atoms with Gasteiger partial charge in [-0.1, -0.05) is 57.5 Å². The van der Waals surface area contributed by atoms with Crippen molar-refractivity contribution in [1.29, 1.82) is 0 Å². The van der Waals surface area contributed by atoms with Gasteiger partial charge in [0.25, 0.3) is 0 Å². The Kier molecular flexibility index (Phi) is 7.91. The number of likely N-dealkylation sites (N-methyl/N-ethyl adjacent to an activating group) is 1. The molecule has 1 heterocycles. The van der Waals surface area contributed by atoms with Crippen LogP contribution in [0.3, 0.4) is 0 Å². The molecular formula is C20H31N3O3. The molecule has 6 nitrogen and oxygen atoms in total. The first-order valence-corrected chi connectivity index (χ1v) is 9.53. The molecule has 0 aliphatic carbocycles. The number of nitrogens with zero attached hydrogens (tertiary/aromatic N) is 2. The van der Waals surface area contributed by atoms with Gasteiger partial charge in [0.1, 0.15) is 12.6 Å². The number of rotatable bonds is 7. The topological polar surface area (TPSA) is 61.9 Å². The fourth-order valence-electron chi connectivity index (χ4n) is 3.06. The van der Waals surface area contributed by atoms with Gasteiger partial charge < -0.3 is 19.9 Å². The first-order valence-electron chi connectivity index (χ1n) is 9.53.